The monoisotopic (exact) mass is 289 g/mol. The molecule has 20 heavy (non-hydrogen) atoms. The van der Waals surface area contributed by atoms with E-state index in [-0.39, 0.29) is 5.41 Å². The normalized spacial score (nSPS) is 11.4. The first-order valence-electron chi connectivity index (χ1n) is 6.84. The molecule has 2 rings (SSSR count). The first-order valence-corrected chi connectivity index (χ1v) is 7.22. The Balaban J connectivity index is 2.10. The number of anilines is 1. The molecule has 1 aromatic heterocycles. The van der Waals surface area contributed by atoms with Crippen molar-refractivity contribution in [2.75, 3.05) is 11.9 Å². The molecule has 0 saturated carbocycles. The van der Waals surface area contributed by atoms with Crippen LogP contribution in [0.5, 0.6) is 0 Å². The summed E-state index contributed by atoms with van der Waals surface area (Å²) in [7, 11) is 0. The van der Waals surface area contributed by atoms with Crippen LogP contribution in [0.4, 0.5) is 5.82 Å². The van der Waals surface area contributed by atoms with Crippen LogP contribution in [0.1, 0.15) is 32.2 Å². The number of nitrogens with one attached hydrogen (secondary N) is 1. The Hall–Kier alpha value is -1.61. The Kier molecular flexibility index (Phi) is 4.61. The molecule has 0 bridgehead atoms. The molecule has 0 amide bonds. The number of rotatable bonds is 5. The van der Waals surface area contributed by atoms with Crippen LogP contribution in [0, 0.1) is 0 Å². The Bertz CT molecular complexity index is 567. The van der Waals surface area contributed by atoms with Crippen LogP contribution in [0.2, 0.25) is 5.15 Å². The molecule has 0 aliphatic heterocycles. The first-order chi connectivity index (χ1) is 9.51. The van der Waals surface area contributed by atoms with Crippen LogP contribution in [0.3, 0.4) is 0 Å². The Labute approximate surface area is 125 Å². The van der Waals surface area contributed by atoms with E-state index in [0.29, 0.717) is 5.15 Å². The molecule has 2 aromatic rings. The molecule has 0 aliphatic carbocycles. The highest BCUT2D eigenvalue weighted by Crippen LogP contribution is 2.23. The van der Waals surface area contributed by atoms with Crippen LogP contribution in [-0.2, 0) is 11.8 Å². The molecule has 0 saturated heterocycles. The fraction of sp³-hybridized carbons (Fsp3) is 0.375. The van der Waals surface area contributed by atoms with E-state index in [2.05, 4.69) is 53.4 Å². The van der Waals surface area contributed by atoms with Gasteiger partial charge in [-0.25, -0.2) is 9.97 Å². The zero-order valence-corrected chi connectivity index (χ0v) is 12.9. The topological polar surface area (TPSA) is 37.8 Å². The molecule has 0 radical (unpaired) electrons. The van der Waals surface area contributed by atoms with Crippen molar-refractivity contribution in [1.29, 1.82) is 0 Å². The summed E-state index contributed by atoms with van der Waals surface area (Å²) >= 11 is 6.00. The number of hydrogen-bond acceptors (Lipinski definition) is 3. The van der Waals surface area contributed by atoms with Gasteiger partial charge < -0.3 is 5.32 Å². The summed E-state index contributed by atoms with van der Waals surface area (Å²) in [6.45, 7) is 7.22. The van der Waals surface area contributed by atoms with Crippen molar-refractivity contribution in [3.63, 3.8) is 0 Å². The van der Waals surface area contributed by atoms with E-state index in [9.17, 15) is 0 Å². The maximum Gasteiger partial charge on any atom is 0.134 e. The number of nitrogens with zero attached hydrogens (tertiary/aromatic N) is 2. The van der Waals surface area contributed by atoms with Crippen molar-refractivity contribution in [2.45, 2.75) is 32.6 Å². The lowest BCUT2D eigenvalue weighted by atomic mass is 9.85. The largest absolute Gasteiger partial charge is 0.369 e. The van der Waals surface area contributed by atoms with Gasteiger partial charge in [0.2, 0.25) is 0 Å². The maximum absolute atomic E-state index is 6.00. The quantitative estimate of drug-likeness (QED) is 0.843. The summed E-state index contributed by atoms with van der Waals surface area (Å²) < 4.78 is 0. The zero-order valence-electron chi connectivity index (χ0n) is 12.2. The van der Waals surface area contributed by atoms with Crippen LogP contribution >= 0.6 is 11.6 Å². The van der Waals surface area contributed by atoms with Crippen LogP contribution in [0.25, 0.3) is 0 Å². The van der Waals surface area contributed by atoms with Gasteiger partial charge in [-0.15, -0.1) is 0 Å². The molecule has 0 unspecified atom stereocenters. The van der Waals surface area contributed by atoms with Crippen molar-refractivity contribution in [3.05, 3.63) is 52.9 Å². The van der Waals surface area contributed by atoms with Crippen molar-refractivity contribution in [1.82, 2.24) is 9.97 Å². The number of aryl methyl sites for hydroxylation is 1. The van der Waals surface area contributed by atoms with Gasteiger partial charge in [0.1, 0.15) is 16.8 Å². The lowest BCUT2D eigenvalue weighted by Crippen LogP contribution is -2.28. The molecule has 0 aliphatic rings. The smallest absolute Gasteiger partial charge is 0.134 e. The van der Waals surface area contributed by atoms with Crippen LogP contribution in [0.15, 0.2) is 36.4 Å². The fourth-order valence-corrected chi connectivity index (χ4v) is 2.22. The van der Waals surface area contributed by atoms with Gasteiger partial charge in [-0.1, -0.05) is 62.7 Å². The lowest BCUT2D eigenvalue weighted by Gasteiger charge is -2.26. The van der Waals surface area contributed by atoms with Crippen molar-refractivity contribution >= 4 is 17.4 Å². The summed E-state index contributed by atoms with van der Waals surface area (Å²) in [5.41, 5.74) is 1.31. The van der Waals surface area contributed by atoms with Crippen molar-refractivity contribution in [2.24, 2.45) is 0 Å². The van der Waals surface area contributed by atoms with Crippen LogP contribution < -0.4 is 5.32 Å². The summed E-state index contributed by atoms with van der Waals surface area (Å²) in [6.07, 6.45) is 0.775. The molecule has 1 aromatic carbocycles. The fourth-order valence-electron chi connectivity index (χ4n) is 2.02. The molecule has 1 N–H and O–H groups in total. The first kappa shape index (κ1) is 14.8. The minimum Gasteiger partial charge on any atom is -0.369 e. The highest BCUT2D eigenvalue weighted by molar-refractivity contribution is 6.29. The molecule has 1 heterocycles. The third kappa shape index (κ3) is 3.70. The Morgan fingerprint density at radius 3 is 2.50 bits per heavy atom. The van der Waals surface area contributed by atoms with Gasteiger partial charge in [0.15, 0.2) is 0 Å². The molecule has 4 heteroatoms. The lowest BCUT2D eigenvalue weighted by molar-refractivity contribution is 0.556. The average Bonchev–Trinajstić information content (AvgIpc) is 2.45. The summed E-state index contributed by atoms with van der Waals surface area (Å²) in [4.78, 5) is 8.61. The van der Waals surface area contributed by atoms with Gasteiger partial charge in [0.25, 0.3) is 0 Å². The van der Waals surface area contributed by atoms with Gasteiger partial charge in [-0.3, -0.25) is 0 Å². The molecule has 106 valence electrons. The predicted octanol–water partition coefficient (Wildman–Crippen LogP) is 4.08. The number of hydrogen-bond donors (Lipinski definition) is 1. The van der Waals surface area contributed by atoms with Gasteiger partial charge in [0, 0.05) is 24.4 Å². The second-order valence-electron chi connectivity index (χ2n) is 5.45. The van der Waals surface area contributed by atoms with Crippen LogP contribution in [-0.4, -0.2) is 16.5 Å². The number of benzene rings is 1. The van der Waals surface area contributed by atoms with Gasteiger partial charge >= 0.3 is 0 Å². The standard InChI is InChI=1S/C16H20ClN3/c1-4-14-19-13(17)10-15(20-14)18-11-16(2,3)12-8-6-5-7-9-12/h5-10H,4,11H2,1-3H3,(H,18,19,20). The molecule has 0 fully saturated rings. The van der Waals surface area contributed by atoms with E-state index < -0.39 is 0 Å². The van der Waals surface area contributed by atoms with Gasteiger partial charge in [-0.05, 0) is 5.56 Å². The van der Waals surface area contributed by atoms with Gasteiger partial charge in [-0.2, -0.15) is 0 Å². The molecular formula is C16H20ClN3. The summed E-state index contributed by atoms with van der Waals surface area (Å²) in [5.74, 6) is 1.54. The molecular weight excluding hydrogens is 270 g/mol. The number of halogens is 1. The maximum atomic E-state index is 6.00. The predicted molar refractivity (Wildman–Crippen MR) is 84.4 cm³/mol. The molecule has 0 atom stereocenters. The number of aromatic nitrogens is 2. The minimum atomic E-state index is 0.0189. The van der Waals surface area contributed by atoms with E-state index in [1.165, 1.54) is 5.56 Å². The average molecular weight is 290 g/mol. The van der Waals surface area contributed by atoms with Crippen molar-refractivity contribution < 1.29 is 0 Å². The summed E-state index contributed by atoms with van der Waals surface area (Å²) in [5, 5.41) is 3.85. The van der Waals surface area contributed by atoms with E-state index >= 15 is 0 Å². The highest BCUT2D eigenvalue weighted by atomic mass is 35.5. The second-order valence-corrected chi connectivity index (χ2v) is 5.84. The highest BCUT2D eigenvalue weighted by Gasteiger charge is 2.20. The van der Waals surface area contributed by atoms with Gasteiger partial charge in [0.05, 0.1) is 0 Å². The Morgan fingerprint density at radius 1 is 1.15 bits per heavy atom. The molecule has 0 spiro atoms. The second kappa shape index (κ2) is 6.23. The minimum absolute atomic E-state index is 0.0189. The SMILES string of the molecule is CCc1nc(Cl)cc(NCC(C)(C)c2ccccc2)n1. The van der Waals surface area contributed by atoms with Crippen molar-refractivity contribution in [3.8, 4) is 0 Å². The van der Waals surface area contributed by atoms with E-state index in [0.717, 1.165) is 24.6 Å². The molecule has 3 nitrogen and oxygen atoms in total. The van der Waals surface area contributed by atoms with E-state index in [4.69, 9.17) is 11.6 Å². The zero-order chi connectivity index (χ0) is 14.6. The third-order valence-electron chi connectivity index (χ3n) is 3.32. The third-order valence-corrected chi connectivity index (χ3v) is 3.52. The summed E-state index contributed by atoms with van der Waals surface area (Å²) in [6, 6.07) is 12.2. The van der Waals surface area contributed by atoms with E-state index in [1.54, 1.807) is 6.07 Å². The Morgan fingerprint density at radius 2 is 1.85 bits per heavy atom. The van der Waals surface area contributed by atoms with E-state index in [1.807, 2.05) is 13.0 Å².